The average molecular weight is 314 g/mol. The first-order chi connectivity index (χ1) is 11.1. The zero-order valence-electron chi connectivity index (χ0n) is 12.0. The molecule has 2 aromatic rings. The number of amides is 1. The Morgan fingerprint density at radius 3 is 2.78 bits per heavy atom. The Kier molecular flexibility index (Phi) is 4.01. The van der Waals surface area contributed by atoms with Crippen molar-refractivity contribution in [1.82, 2.24) is 5.43 Å². The quantitative estimate of drug-likeness (QED) is 0.451. The van der Waals surface area contributed by atoms with E-state index in [1.165, 1.54) is 12.3 Å². The maximum Gasteiger partial charge on any atom is 0.284 e. The van der Waals surface area contributed by atoms with Gasteiger partial charge < -0.3 is 19.7 Å². The van der Waals surface area contributed by atoms with E-state index in [2.05, 4.69) is 10.5 Å². The van der Waals surface area contributed by atoms with Crippen molar-refractivity contribution in [3.8, 4) is 23.0 Å². The van der Waals surface area contributed by atoms with Crippen LogP contribution in [0.4, 0.5) is 0 Å². The molecule has 23 heavy (non-hydrogen) atoms. The molecular weight excluding hydrogens is 300 g/mol. The van der Waals surface area contributed by atoms with Crippen LogP contribution in [0.15, 0.2) is 47.6 Å². The first-order valence-corrected chi connectivity index (χ1v) is 6.87. The van der Waals surface area contributed by atoms with E-state index in [9.17, 15) is 15.0 Å². The molecule has 3 rings (SSSR count). The highest BCUT2D eigenvalue weighted by Crippen LogP contribution is 2.31. The van der Waals surface area contributed by atoms with Crippen molar-refractivity contribution in [2.45, 2.75) is 6.10 Å². The van der Waals surface area contributed by atoms with Crippen LogP contribution in [0.5, 0.6) is 23.0 Å². The lowest BCUT2D eigenvalue weighted by molar-refractivity contribution is -0.130. The molecule has 0 aliphatic carbocycles. The molecule has 1 aliphatic rings. The van der Waals surface area contributed by atoms with E-state index in [0.717, 1.165) is 0 Å². The molecule has 118 valence electrons. The minimum Gasteiger partial charge on any atom is -0.504 e. The van der Waals surface area contributed by atoms with Gasteiger partial charge in [0.1, 0.15) is 6.61 Å². The topological polar surface area (TPSA) is 100 Å². The summed E-state index contributed by atoms with van der Waals surface area (Å²) in [6, 6.07) is 11.5. The van der Waals surface area contributed by atoms with Crippen LogP contribution in [0, 0.1) is 0 Å². The van der Waals surface area contributed by atoms with Gasteiger partial charge in [0.05, 0.1) is 6.21 Å². The second-order valence-electron chi connectivity index (χ2n) is 4.81. The van der Waals surface area contributed by atoms with Crippen LogP contribution in [0.2, 0.25) is 0 Å². The molecule has 0 saturated heterocycles. The first kappa shape index (κ1) is 14.7. The Morgan fingerprint density at radius 1 is 1.17 bits per heavy atom. The summed E-state index contributed by atoms with van der Waals surface area (Å²) < 4.78 is 11.0. The molecule has 2 aromatic carbocycles. The number of phenolic OH excluding ortho intramolecular Hbond substituents is 2. The van der Waals surface area contributed by atoms with E-state index in [1.54, 1.807) is 30.3 Å². The number of rotatable bonds is 3. The van der Waals surface area contributed by atoms with Crippen LogP contribution in [0.1, 0.15) is 5.56 Å². The van der Waals surface area contributed by atoms with Gasteiger partial charge in [0.15, 0.2) is 23.0 Å². The van der Waals surface area contributed by atoms with Crippen molar-refractivity contribution >= 4 is 12.1 Å². The summed E-state index contributed by atoms with van der Waals surface area (Å²) in [5.74, 6) is 0.0335. The molecule has 0 fully saturated rings. The number of fused-ring (bicyclic) bond motifs is 1. The molecule has 0 bridgehead atoms. The minimum absolute atomic E-state index is 0.0791. The highest BCUT2D eigenvalue weighted by Gasteiger charge is 2.26. The Morgan fingerprint density at radius 2 is 1.96 bits per heavy atom. The zero-order chi connectivity index (χ0) is 16.2. The van der Waals surface area contributed by atoms with Gasteiger partial charge in [-0.3, -0.25) is 4.79 Å². The number of benzene rings is 2. The number of carbonyl (C=O) groups excluding carboxylic acids is 1. The van der Waals surface area contributed by atoms with Crippen molar-refractivity contribution in [3.05, 3.63) is 48.0 Å². The third-order valence-electron chi connectivity index (χ3n) is 3.23. The van der Waals surface area contributed by atoms with Crippen LogP contribution < -0.4 is 14.9 Å². The van der Waals surface area contributed by atoms with Crippen molar-refractivity contribution in [1.29, 1.82) is 0 Å². The number of nitrogens with one attached hydrogen (secondary N) is 1. The Hall–Kier alpha value is -3.22. The standard InChI is InChI=1S/C16H14N2O5/c19-11-5-3-4-10(15(11)20)8-17-18-16(21)14-9-22-12-6-1-2-7-13(12)23-14/h1-8,14,19-20H,9H2,(H,18,21)/b17-8+/t14-/m1/s1. The largest absolute Gasteiger partial charge is 0.504 e. The van der Waals surface area contributed by atoms with E-state index in [0.29, 0.717) is 11.5 Å². The molecular formula is C16H14N2O5. The lowest BCUT2D eigenvalue weighted by Gasteiger charge is -2.24. The highest BCUT2D eigenvalue weighted by atomic mass is 16.6. The molecule has 1 amide bonds. The number of hydrogen-bond acceptors (Lipinski definition) is 6. The number of para-hydroxylation sites is 3. The number of aromatic hydroxyl groups is 2. The number of ether oxygens (including phenoxy) is 2. The Bertz CT molecular complexity index is 760. The summed E-state index contributed by atoms with van der Waals surface area (Å²) in [5.41, 5.74) is 2.59. The van der Waals surface area contributed by atoms with Gasteiger partial charge in [-0.1, -0.05) is 18.2 Å². The van der Waals surface area contributed by atoms with Crippen LogP contribution in [0.3, 0.4) is 0 Å². The molecule has 0 spiro atoms. The molecule has 3 N–H and O–H groups in total. The van der Waals surface area contributed by atoms with Crippen LogP contribution in [-0.2, 0) is 4.79 Å². The van der Waals surface area contributed by atoms with Crippen molar-refractivity contribution in [2.75, 3.05) is 6.61 Å². The number of hydrogen-bond donors (Lipinski definition) is 3. The van der Waals surface area contributed by atoms with Crippen LogP contribution in [-0.4, -0.2) is 35.0 Å². The third-order valence-corrected chi connectivity index (χ3v) is 3.23. The molecule has 7 heteroatoms. The monoisotopic (exact) mass is 314 g/mol. The maximum absolute atomic E-state index is 12.0. The second kappa shape index (κ2) is 6.27. The summed E-state index contributed by atoms with van der Waals surface area (Å²) in [7, 11) is 0. The highest BCUT2D eigenvalue weighted by molar-refractivity contribution is 5.87. The minimum atomic E-state index is -0.820. The summed E-state index contributed by atoms with van der Waals surface area (Å²) in [4.78, 5) is 12.0. The fraction of sp³-hybridized carbons (Fsp3) is 0.125. The summed E-state index contributed by atoms with van der Waals surface area (Å²) in [5, 5.41) is 22.7. The number of nitrogens with zero attached hydrogens (tertiary/aromatic N) is 1. The number of phenols is 2. The van der Waals surface area contributed by atoms with Gasteiger partial charge in [-0.15, -0.1) is 0 Å². The molecule has 7 nitrogen and oxygen atoms in total. The molecule has 0 aromatic heterocycles. The van der Waals surface area contributed by atoms with Crippen LogP contribution in [0.25, 0.3) is 0 Å². The van der Waals surface area contributed by atoms with Gasteiger partial charge in [0, 0.05) is 5.56 Å². The van der Waals surface area contributed by atoms with E-state index in [1.807, 2.05) is 6.07 Å². The van der Waals surface area contributed by atoms with E-state index < -0.39 is 12.0 Å². The predicted molar refractivity (Wildman–Crippen MR) is 81.9 cm³/mol. The van der Waals surface area contributed by atoms with Crippen molar-refractivity contribution < 1.29 is 24.5 Å². The van der Waals surface area contributed by atoms with Crippen LogP contribution >= 0.6 is 0 Å². The van der Waals surface area contributed by atoms with Gasteiger partial charge in [0.2, 0.25) is 6.10 Å². The predicted octanol–water partition coefficient (Wildman–Crippen LogP) is 1.39. The SMILES string of the molecule is O=C(N/N=C/c1cccc(O)c1O)[C@H]1COc2ccccc2O1. The normalized spacial score (nSPS) is 16.3. The Labute approximate surface area is 131 Å². The van der Waals surface area contributed by atoms with Crippen molar-refractivity contribution in [3.63, 3.8) is 0 Å². The van der Waals surface area contributed by atoms with E-state index in [-0.39, 0.29) is 23.7 Å². The van der Waals surface area contributed by atoms with Gasteiger partial charge in [-0.2, -0.15) is 5.10 Å². The van der Waals surface area contributed by atoms with Gasteiger partial charge in [-0.25, -0.2) is 5.43 Å². The van der Waals surface area contributed by atoms with Gasteiger partial charge in [-0.05, 0) is 24.3 Å². The lowest BCUT2D eigenvalue weighted by Crippen LogP contribution is -2.42. The molecule has 0 radical (unpaired) electrons. The molecule has 1 atom stereocenters. The molecule has 1 heterocycles. The summed E-state index contributed by atoms with van der Waals surface area (Å²) >= 11 is 0. The fourth-order valence-corrected chi connectivity index (χ4v) is 2.04. The fourth-order valence-electron chi connectivity index (χ4n) is 2.04. The molecule has 0 unspecified atom stereocenters. The second-order valence-corrected chi connectivity index (χ2v) is 4.81. The molecule has 1 aliphatic heterocycles. The number of carbonyl (C=O) groups is 1. The van der Waals surface area contributed by atoms with E-state index in [4.69, 9.17) is 9.47 Å². The lowest BCUT2D eigenvalue weighted by atomic mass is 10.2. The maximum atomic E-state index is 12.0. The average Bonchev–Trinajstić information content (AvgIpc) is 2.58. The molecule has 0 saturated carbocycles. The van der Waals surface area contributed by atoms with Crippen molar-refractivity contribution in [2.24, 2.45) is 5.10 Å². The third kappa shape index (κ3) is 3.18. The first-order valence-electron chi connectivity index (χ1n) is 6.87. The summed E-state index contributed by atoms with van der Waals surface area (Å²) in [6.07, 6.45) is 0.407. The van der Waals surface area contributed by atoms with E-state index >= 15 is 0 Å². The zero-order valence-corrected chi connectivity index (χ0v) is 12.0. The smallest absolute Gasteiger partial charge is 0.284 e. The van der Waals surface area contributed by atoms with Gasteiger partial charge in [0.25, 0.3) is 5.91 Å². The Balaban J connectivity index is 1.62. The summed E-state index contributed by atoms with van der Waals surface area (Å²) in [6.45, 7) is 0.0791. The van der Waals surface area contributed by atoms with Gasteiger partial charge >= 0.3 is 0 Å². The number of hydrazone groups is 1.